The zero-order valence-electron chi connectivity index (χ0n) is 9.81. The summed E-state index contributed by atoms with van der Waals surface area (Å²) in [5.74, 6) is -0.438. The van der Waals surface area contributed by atoms with E-state index in [1.54, 1.807) is 6.07 Å². The van der Waals surface area contributed by atoms with Crippen molar-refractivity contribution in [1.82, 2.24) is 5.16 Å². The molecule has 0 spiro atoms. The molecule has 17 heavy (non-hydrogen) atoms. The summed E-state index contributed by atoms with van der Waals surface area (Å²) in [5, 5.41) is 14.2. The van der Waals surface area contributed by atoms with Crippen molar-refractivity contribution in [2.75, 3.05) is 11.9 Å². The number of carbonyl (C=O) groups excluding carboxylic acids is 1. The first-order chi connectivity index (χ1) is 7.79. The fourth-order valence-corrected chi connectivity index (χ4v) is 0.956. The summed E-state index contributed by atoms with van der Waals surface area (Å²) in [6.07, 6.45) is -0.888. The number of aromatic nitrogens is 1. The van der Waals surface area contributed by atoms with E-state index < -0.39 is 18.7 Å². The van der Waals surface area contributed by atoms with Gasteiger partial charge >= 0.3 is 12.1 Å². The minimum Gasteiger partial charge on any atom is -0.479 e. The van der Waals surface area contributed by atoms with Gasteiger partial charge in [-0.3, -0.25) is 5.32 Å². The van der Waals surface area contributed by atoms with E-state index in [-0.39, 0.29) is 11.2 Å². The SMILES string of the molecule is CC(C)(C)c1cc(NC(=O)OCC(=O)O)no1. The largest absolute Gasteiger partial charge is 0.479 e. The third-order valence-corrected chi connectivity index (χ3v) is 1.81. The first-order valence-electron chi connectivity index (χ1n) is 4.92. The lowest BCUT2D eigenvalue weighted by molar-refractivity contribution is -0.140. The van der Waals surface area contributed by atoms with E-state index in [4.69, 9.17) is 9.63 Å². The van der Waals surface area contributed by atoms with Crippen LogP contribution in [0, 0.1) is 0 Å². The van der Waals surface area contributed by atoms with Crippen LogP contribution < -0.4 is 5.32 Å². The second-order valence-corrected chi connectivity index (χ2v) is 4.42. The van der Waals surface area contributed by atoms with E-state index in [1.165, 1.54) is 0 Å². The summed E-state index contributed by atoms with van der Waals surface area (Å²) in [5.41, 5.74) is -0.224. The van der Waals surface area contributed by atoms with Crippen LogP contribution in [-0.4, -0.2) is 28.9 Å². The fourth-order valence-electron chi connectivity index (χ4n) is 0.956. The molecule has 1 amide bonds. The van der Waals surface area contributed by atoms with Gasteiger partial charge in [0, 0.05) is 11.5 Å². The van der Waals surface area contributed by atoms with Crippen LogP contribution in [0.15, 0.2) is 10.6 Å². The van der Waals surface area contributed by atoms with Crippen LogP contribution in [0.1, 0.15) is 26.5 Å². The molecule has 0 atom stereocenters. The van der Waals surface area contributed by atoms with Crippen molar-refractivity contribution >= 4 is 17.9 Å². The Kier molecular flexibility index (Phi) is 3.72. The lowest BCUT2D eigenvalue weighted by atomic mass is 9.93. The van der Waals surface area contributed by atoms with E-state index in [0.29, 0.717) is 5.76 Å². The number of amides is 1. The number of carboxylic acid groups (broad SMARTS) is 1. The number of rotatable bonds is 3. The van der Waals surface area contributed by atoms with Crippen molar-refractivity contribution in [1.29, 1.82) is 0 Å². The molecule has 0 radical (unpaired) electrons. The predicted octanol–water partition coefficient (Wildman–Crippen LogP) is 1.61. The Morgan fingerprint density at radius 1 is 1.53 bits per heavy atom. The highest BCUT2D eigenvalue weighted by Gasteiger charge is 2.20. The lowest BCUT2D eigenvalue weighted by Crippen LogP contribution is -2.18. The average Bonchev–Trinajstić information content (AvgIpc) is 2.62. The predicted molar refractivity (Wildman–Crippen MR) is 57.8 cm³/mol. The molecule has 0 aliphatic heterocycles. The molecule has 2 N–H and O–H groups in total. The molecule has 7 nitrogen and oxygen atoms in total. The van der Waals surface area contributed by atoms with Crippen LogP contribution in [0.3, 0.4) is 0 Å². The number of hydrogen-bond donors (Lipinski definition) is 2. The fraction of sp³-hybridized carbons (Fsp3) is 0.500. The van der Waals surface area contributed by atoms with Gasteiger partial charge in [-0.2, -0.15) is 0 Å². The van der Waals surface area contributed by atoms with E-state index in [9.17, 15) is 9.59 Å². The maximum atomic E-state index is 11.1. The molecule has 0 aromatic carbocycles. The Morgan fingerprint density at radius 3 is 2.65 bits per heavy atom. The topological polar surface area (TPSA) is 102 Å². The number of hydrogen-bond acceptors (Lipinski definition) is 5. The Bertz CT molecular complexity index is 419. The average molecular weight is 242 g/mol. The molecule has 0 saturated heterocycles. The molecule has 1 rings (SSSR count). The zero-order valence-corrected chi connectivity index (χ0v) is 9.81. The first kappa shape index (κ1) is 13.0. The van der Waals surface area contributed by atoms with Crippen molar-refractivity contribution < 1.29 is 24.0 Å². The van der Waals surface area contributed by atoms with Crippen LogP contribution in [-0.2, 0) is 14.9 Å². The Balaban J connectivity index is 2.55. The molecule has 7 heteroatoms. The molecule has 1 aromatic rings. The second-order valence-electron chi connectivity index (χ2n) is 4.42. The number of aliphatic carboxylic acids is 1. The third-order valence-electron chi connectivity index (χ3n) is 1.81. The van der Waals surface area contributed by atoms with Crippen LogP contribution in [0.5, 0.6) is 0 Å². The van der Waals surface area contributed by atoms with Gasteiger partial charge in [-0.15, -0.1) is 0 Å². The minimum absolute atomic E-state index is 0.185. The van der Waals surface area contributed by atoms with Crippen molar-refractivity contribution in [3.05, 3.63) is 11.8 Å². The molecule has 0 fully saturated rings. The van der Waals surface area contributed by atoms with Gasteiger partial charge in [0.1, 0.15) is 5.76 Å². The molecule has 0 unspecified atom stereocenters. The Morgan fingerprint density at radius 2 is 2.18 bits per heavy atom. The maximum Gasteiger partial charge on any atom is 0.413 e. The number of anilines is 1. The highest BCUT2D eigenvalue weighted by molar-refractivity contribution is 5.84. The van der Waals surface area contributed by atoms with Gasteiger partial charge in [0.05, 0.1) is 0 Å². The van der Waals surface area contributed by atoms with Gasteiger partial charge in [-0.05, 0) is 0 Å². The quantitative estimate of drug-likeness (QED) is 0.834. The summed E-state index contributed by atoms with van der Waals surface area (Å²) < 4.78 is 9.39. The Hall–Kier alpha value is -2.05. The number of ether oxygens (including phenoxy) is 1. The van der Waals surface area contributed by atoms with E-state index in [2.05, 4.69) is 15.2 Å². The summed E-state index contributed by atoms with van der Waals surface area (Å²) in [4.78, 5) is 21.3. The molecule has 0 aliphatic rings. The van der Waals surface area contributed by atoms with Gasteiger partial charge in [0.15, 0.2) is 12.4 Å². The summed E-state index contributed by atoms with van der Waals surface area (Å²) in [7, 11) is 0. The molecule has 0 bridgehead atoms. The van der Waals surface area contributed by atoms with Gasteiger partial charge < -0.3 is 14.4 Å². The molecular formula is C10H14N2O5. The Labute approximate surface area is 97.7 Å². The molecule has 1 aromatic heterocycles. The second kappa shape index (κ2) is 4.86. The van der Waals surface area contributed by atoms with Crippen LogP contribution in [0.25, 0.3) is 0 Å². The number of nitrogens with one attached hydrogen (secondary N) is 1. The van der Waals surface area contributed by atoms with Crippen LogP contribution in [0.4, 0.5) is 10.6 Å². The molecule has 0 aliphatic carbocycles. The van der Waals surface area contributed by atoms with Crippen molar-refractivity contribution in [3.8, 4) is 0 Å². The van der Waals surface area contributed by atoms with Crippen molar-refractivity contribution in [3.63, 3.8) is 0 Å². The highest BCUT2D eigenvalue weighted by atomic mass is 16.6. The van der Waals surface area contributed by atoms with Crippen molar-refractivity contribution in [2.45, 2.75) is 26.2 Å². The van der Waals surface area contributed by atoms with E-state index in [1.807, 2.05) is 20.8 Å². The molecular weight excluding hydrogens is 228 g/mol. The normalized spacial score (nSPS) is 11.0. The van der Waals surface area contributed by atoms with Gasteiger partial charge in [0.2, 0.25) is 0 Å². The highest BCUT2D eigenvalue weighted by Crippen LogP contribution is 2.24. The summed E-state index contributed by atoms with van der Waals surface area (Å²) in [6, 6.07) is 1.56. The van der Waals surface area contributed by atoms with E-state index in [0.717, 1.165) is 0 Å². The van der Waals surface area contributed by atoms with Crippen LogP contribution >= 0.6 is 0 Å². The maximum absolute atomic E-state index is 11.1. The van der Waals surface area contributed by atoms with Gasteiger partial charge in [-0.1, -0.05) is 25.9 Å². The van der Waals surface area contributed by atoms with Crippen molar-refractivity contribution in [2.24, 2.45) is 0 Å². The third kappa shape index (κ3) is 4.13. The zero-order chi connectivity index (χ0) is 13.1. The number of carbonyl (C=O) groups is 2. The van der Waals surface area contributed by atoms with Gasteiger partial charge in [0.25, 0.3) is 0 Å². The summed E-state index contributed by atoms with van der Waals surface area (Å²) >= 11 is 0. The number of carboxylic acids is 1. The molecule has 1 heterocycles. The number of nitrogens with zero attached hydrogens (tertiary/aromatic N) is 1. The van der Waals surface area contributed by atoms with E-state index >= 15 is 0 Å². The molecule has 0 saturated carbocycles. The lowest BCUT2D eigenvalue weighted by Gasteiger charge is -2.11. The monoisotopic (exact) mass is 242 g/mol. The summed E-state index contributed by atoms with van der Waals surface area (Å²) in [6.45, 7) is 5.09. The molecule has 94 valence electrons. The standard InChI is InChI=1S/C10H14N2O5/c1-10(2,3)6-4-7(12-17-6)11-9(15)16-5-8(13)14/h4H,5H2,1-3H3,(H,13,14)(H,11,12,15). The van der Waals surface area contributed by atoms with Gasteiger partial charge in [-0.25, -0.2) is 9.59 Å². The minimum atomic E-state index is -1.23. The first-order valence-corrected chi connectivity index (χ1v) is 4.92. The smallest absolute Gasteiger partial charge is 0.413 e. The van der Waals surface area contributed by atoms with Crippen LogP contribution in [0.2, 0.25) is 0 Å².